The molecule has 0 aromatic rings. The molecule has 1 N–H and O–H groups in total. The number of fused-ring (bicyclic) bond motifs is 6. The van der Waals surface area contributed by atoms with Crippen LogP contribution in [0.3, 0.4) is 0 Å². The minimum absolute atomic E-state index is 0.663. The Bertz CT molecular complexity index is 583. The van der Waals surface area contributed by atoms with E-state index in [0.717, 1.165) is 53.5 Å². The maximum absolute atomic E-state index is 3.81. The van der Waals surface area contributed by atoms with Crippen molar-refractivity contribution in [3.8, 4) is 0 Å². The monoisotopic (exact) mass is 385 g/mol. The molecule has 1 aliphatic heterocycles. The van der Waals surface area contributed by atoms with Gasteiger partial charge >= 0.3 is 0 Å². The molecule has 1 heteroatoms. The first-order valence-corrected chi connectivity index (χ1v) is 13.1. The maximum Gasteiger partial charge on any atom is 0.0230 e. The van der Waals surface area contributed by atoms with Crippen molar-refractivity contribution >= 4 is 0 Å². The number of hydrogen-bond donors (Lipinski definition) is 1. The molecule has 0 unspecified atom stereocenters. The van der Waals surface area contributed by atoms with E-state index in [1.807, 2.05) is 0 Å². The second-order valence-corrected chi connectivity index (χ2v) is 13.0. The van der Waals surface area contributed by atoms with Crippen LogP contribution in [0.1, 0.15) is 105 Å². The van der Waals surface area contributed by atoms with Crippen molar-refractivity contribution in [2.75, 3.05) is 0 Å². The highest BCUT2D eigenvalue weighted by Crippen LogP contribution is 2.69. The Morgan fingerprint density at radius 2 is 1.64 bits per heavy atom. The molecule has 5 fully saturated rings. The summed E-state index contributed by atoms with van der Waals surface area (Å²) in [6.07, 6.45) is 16.7. The van der Waals surface area contributed by atoms with E-state index in [0.29, 0.717) is 10.8 Å². The van der Waals surface area contributed by atoms with Crippen LogP contribution < -0.4 is 5.32 Å². The number of hydrogen-bond acceptors (Lipinski definition) is 1. The number of nitrogens with one attached hydrogen (secondary N) is 1. The topological polar surface area (TPSA) is 21.9 Å². The Morgan fingerprint density at radius 3 is 2.43 bits per heavy atom. The first kappa shape index (κ1) is 19.9. The van der Waals surface area contributed by atoms with Gasteiger partial charge < -0.3 is 5.32 Å². The van der Waals surface area contributed by atoms with Crippen LogP contribution in [-0.4, -0.2) is 12.1 Å². The molecule has 28 heavy (non-hydrogen) atoms. The molecule has 0 spiro atoms. The fourth-order valence-corrected chi connectivity index (χ4v) is 9.70. The van der Waals surface area contributed by atoms with Gasteiger partial charge in [0.15, 0.2) is 0 Å². The average Bonchev–Trinajstić information content (AvgIpc) is 3.27. The average molecular weight is 386 g/mol. The summed E-state index contributed by atoms with van der Waals surface area (Å²) in [5, 5.41) is 3.81. The molecular weight excluding hydrogens is 338 g/mol. The molecule has 5 rings (SSSR count). The van der Waals surface area contributed by atoms with Gasteiger partial charge in [0.25, 0.3) is 0 Å². The lowest BCUT2D eigenvalue weighted by Gasteiger charge is -2.60. The van der Waals surface area contributed by atoms with Crippen LogP contribution in [0.4, 0.5) is 0 Å². The van der Waals surface area contributed by atoms with Gasteiger partial charge in [0, 0.05) is 12.1 Å². The van der Waals surface area contributed by atoms with Crippen LogP contribution in [0, 0.1) is 52.3 Å². The smallest absolute Gasteiger partial charge is 0.0230 e. The summed E-state index contributed by atoms with van der Waals surface area (Å²) >= 11 is 0. The second-order valence-electron chi connectivity index (χ2n) is 13.0. The van der Waals surface area contributed by atoms with Crippen molar-refractivity contribution in [3.63, 3.8) is 0 Å². The van der Waals surface area contributed by atoms with Crippen LogP contribution in [0.25, 0.3) is 0 Å². The molecule has 1 heterocycles. The fourth-order valence-electron chi connectivity index (χ4n) is 9.70. The summed E-state index contributed by atoms with van der Waals surface area (Å²) in [7, 11) is 0. The van der Waals surface area contributed by atoms with Crippen LogP contribution in [-0.2, 0) is 0 Å². The first-order valence-electron chi connectivity index (χ1n) is 13.1. The van der Waals surface area contributed by atoms with E-state index in [1.165, 1.54) is 32.1 Å². The van der Waals surface area contributed by atoms with Crippen molar-refractivity contribution in [1.82, 2.24) is 5.32 Å². The molecule has 10 atom stereocenters. The Hall–Kier alpha value is -0.0400. The SMILES string of the molecule is CC(C)CCC[C@@H](C)[C@H]1CC[C@H]2[C@@H]3CC[C@H]4C[C@H]5N[C@H]5C[C@]4(C)[C@H]3CC[C@]12C. The van der Waals surface area contributed by atoms with E-state index >= 15 is 0 Å². The zero-order valence-electron chi connectivity index (χ0n) is 19.5. The molecule has 0 amide bonds. The normalized spacial score (nSPS) is 53.1. The van der Waals surface area contributed by atoms with Crippen LogP contribution >= 0.6 is 0 Å². The fraction of sp³-hybridized carbons (Fsp3) is 1.00. The van der Waals surface area contributed by atoms with Gasteiger partial charge in [0.2, 0.25) is 0 Å². The molecule has 5 aliphatic rings. The van der Waals surface area contributed by atoms with Crippen molar-refractivity contribution in [2.45, 2.75) is 117 Å². The third-order valence-electron chi connectivity index (χ3n) is 11.3. The predicted octanol–water partition coefficient (Wildman–Crippen LogP) is 7.06. The van der Waals surface area contributed by atoms with Gasteiger partial charge in [-0.25, -0.2) is 0 Å². The van der Waals surface area contributed by atoms with Crippen LogP contribution in [0.15, 0.2) is 0 Å². The van der Waals surface area contributed by atoms with E-state index in [9.17, 15) is 0 Å². The zero-order valence-corrected chi connectivity index (χ0v) is 19.5. The van der Waals surface area contributed by atoms with E-state index in [1.54, 1.807) is 38.5 Å². The molecule has 4 saturated carbocycles. The largest absolute Gasteiger partial charge is 0.308 e. The van der Waals surface area contributed by atoms with Crippen molar-refractivity contribution in [1.29, 1.82) is 0 Å². The minimum Gasteiger partial charge on any atom is -0.308 e. The van der Waals surface area contributed by atoms with E-state index < -0.39 is 0 Å². The van der Waals surface area contributed by atoms with Gasteiger partial charge in [-0.15, -0.1) is 0 Å². The lowest BCUT2D eigenvalue weighted by atomic mass is 9.44. The van der Waals surface area contributed by atoms with Gasteiger partial charge in [-0.3, -0.25) is 0 Å². The quantitative estimate of drug-likeness (QED) is 0.503. The minimum atomic E-state index is 0.663. The standard InChI is InChI=1S/C27H47N/c1-17(2)7-6-8-18(3)21-11-12-22-20-10-9-19-15-24-25(28-24)16-27(19,5)23(20)13-14-26(21,22)4/h17-25,28H,6-16H2,1-5H3/t18-,19+,20+,21-,22+,23+,24-,25+,26-,27+/m1/s1. The Labute approximate surface area is 175 Å². The molecule has 160 valence electrons. The molecule has 0 radical (unpaired) electrons. The maximum atomic E-state index is 3.81. The summed E-state index contributed by atoms with van der Waals surface area (Å²) in [5.41, 5.74) is 1.33. The van der Waals surface area contributed by atoms with Gasteiger partial charge in [-0.1, -0.05) is 53.9 Å². The Balaban J connectivity index is 1.30. The van der Waals surface area contributed by atoms with Crippen molar-refractivity contribution in [3.05, 3.63) is 0 Å². The molecule has 1 nitrogen and oxygen atoms in total. The molecular formula is C27H47N. The highest BCUT2D eigenvalue weighted by atomic mass is 15.2. The molecule has 0 aromatic heterocycles. The van der Waals surface area contributed by atoms with Gasteiger partial charge in [0.1, 0.15) is 0 Å². The summed E-state index contributed by atoms with van der Waals surface area (Å²) in [6.45, 7) is 12.9. The third kappa shape index (κ3) is 3.04. The highest BCUT2D eigenvalue weighted by molar-refractivity contribution is 5.15. The van der Waals surface area contributed by atoms with E-state index in [-0.39, 0.29) is 0 Å². The van der Waals surface area contributed by atoms with Crippen LogP contribution in [0.2, 0.25) is 0 Å². The Morgan fingerprint density at radius 1 is 0.857 bits per heavy atom. The van der Waals surface area contributed by atoms with Gasteiger partial charge in [0.05, 0.1) is 0 Å². The van der Waals surface area contributed by atoms with Gasteiger partial charge in [-0.05, 0) is 104 Å². The molecule has 0 bridgehead atoms. The molecule has 0 aromatic carbocycles. The lowest BCUT2D eigenvalue weighted by molar-refractivity contribution is -0.110. The molecule has 4 aliphatic carbocycles. The van der Waals surface area contributed by atoms with E-state index in [4.69, 9.17) is 0 Å². The molecule has 1 saturated heterocycles. The zero-order chi connectivity index (χ0) is 19.7. The summed E-state index contributed by atoms with van der Waals surface area (Å²) < 4.78 is 0. The predicted molar refractivity (Wildman–Crippen MR) is 119 cm³/mol. The number of rotatable bonds is 5. The highest BCUT2D eigenvalue weighted by Gasteiger charge is 2.63. The van der Waals surface area contributed by atoms with Crippen molar-refractivity contribution in [2.24, 2.45) is 52.3 Å². The third-order valence-corrected chi connectivity index (χ3v) is 11.3. The first-order chi connectivity index (χ1) is 13.3. The summed E-state index contributed by atoms with van der Waals surface area (Å²) in [4.78, 5) is 0. The van der Waals surface area contributed by atoms with E-state index in [2.05, 4.69) is 39.9 Å². The Kier molecular flexibility index (Phi) is 4.97. The lowest BCUT2D eigenvalue weighted by Crippen LogP contribution is -2.54. The second kappa shape index (κ2) is 7.00. The van der Waals surface area contributed by atoms with Gasteiger partial charge in [-0.2, -0.15) is 0 Å². The van der Waals surface area contributed by atoms with Crippen LogP contribution in [0.5, 0.6) is 0 Å². The van der Waals surface area contributed by atoms with Crippen molar-refractivity contribution < 1.29 is 0 Å². The summed E-state index contributed by atoms with van der Waals surface area (Å²) in [6, 6.07) is 1.80. The summed E-state index contributed by atoms with van der Waals surface area (Å²) in [5.74, 6) is 7.01.